The second-order valence-electron chi connectivity index (χ2n) is 3.97. The van der Waals surface area contributed by atoms with Crippen molar-refractivity contribution in [2.75, 3.05) is 6.61 Å². The molecule has 2 rings (SSSR count). The van der Waals surface area contributed by atoms with Gasteiger partial charge in [0.15, 0.2) is 5.82 Å². The van der Waals surface area contributed by atoms with Crippen LogP contribution in [0.5, 0.6) is 5.75 Å². The number of nitrogens with zero attached hydrogens (tertiary/aromatic N) is 4. The fourth-order valence-corrected chi connectivity index (χ4v) is 1.56. The molecule has 2 aromatic rings. The minimum Gasteiger partial charge on any atom is -0.493 e. The molecule has 0 radical (unpaired) electrons. The number of carboxylic acid groups (broad SMARTS) is 1. The van der Waals surface area contributed by atoms with Crippen LogP contribution in [0.3, 0.4) is 0 Å². The number of tetrazole rings is 1. The molecule has 1 unspecified atom stereocenters. The van der Waals surface area contributed by atoms with Gasteiger partial charge in [-0.1, -0.05) is 18.2 Å². The molecule has 7 heteroatoms. The Morgan fingerprint density at radius 2 is 2.16 bits per heavy atom. The molecule has 0 saturated carbocycles. The minimum atomic E-state index is -0.975. The van der Waals surface area contributed by atoms with E-state index in [2.05, 4.69) is 15.5 Å². The molecule has 0 aliphatic heterocycles. The highest BCUT2D eigenvalue weighted by atomic mass is 16.5. The molecular weight excluding hydrogens is 248 g/mol. The lowest BCUT2D eigenvalue weighted by Crippen LogP contribution is -2.20. The molecule has 0 aliphatic rings. The SMILES string of the molecule is CC(C(=O)O)n1nnnc1CCOc1ccccc1. The molecule has 1 aromatic heterocycles. The average molecular weight is 262 g/mol. The molecule has 19 heavy (non-hydrogen) atoms. The molecule has 0 fully saturated rings. The van der Waals surface area contributed by atoms with Crippen LogP contribution in [0.15, 0.2) is 30.3 Å². The van der Waals surface area contributed by atoms with E-state index >= 15 is 0 Å². The summed E-state index contributed by atoms with van der Waals surface area (Å²) in [6, 6.07) is 8.58. The van der Waals surface area contributed by atoms with Crippen LogP contribution < -0.4 is 4.74 Å². The van der Waals surface area contributed by atoms with Gasteiger partial charge in [0, 0.05) is 6.42 Å². The van der Waals surface area contributed by atoms with Crippen molar-refractivity contribution in [3.05, 3.63) is 36.2 Å². The third-order valence-electron chi connectivity index (χ3n) is 2.62. The van der Waals surface area contributed by atoms with Gasteiger partial charge in [-0.3, -0.25) is 0 Å². The number of hydrogen-bond acceptors (Lipinski definition) is 5. The van der Waals surface area contributed by atoms with Crippen molar-refractivity contribution in [3.8, 4) is 5.75 Å². The smallest absolute Gasteiger partial charge is 0.328 e. The number of carboxylic acids is 1. The molecule has 1 heterocycles. The van der Waals surface area contributed by atoms with Crippen LogP contribution in [0.25, 0.3) is 0 Å². The molecule has 1 atom stereocenters. The summed E-state index contributed by atoms with van der Waals surface area (Å²) in [4.78, 5) is 10.9. The van der Waals surface area contributed by atoms with Crippen molar-refractivity contribution < 1.29 is 14.6 Å². The van der Waals surface area contributed by atoms with Crippen LogP contribution in [-0.2, 0) is 11.2 Å². The summed E-state index contributed by atoms with van der Waals surface area (Å²) in [6.45, 7) is 1.91. The highest BCUT2D eigenvalue weighted by Gasteiger charge is 2.18. The lowest BCUT2D eigenvalue weighted by Gasteiger charge is -2.09. The van der Waals surface area contributed by atoms with E-state index < -0.39 is 12.0 Å². The molecule has 100 valence electrons. The highest BCUT2D eigenvalue weighted by Crippen LogP contribution is 2.10. The summed E-state index contributed by atoms with van der Waals surface area (Å²) in [5, 5.41) is 19.9. The van der Waals surface area contributed by atoms with Gasteiger partial charge >= 0.3 is 5.97 Å². The zero-order chi connectivity index (χ0) is 13.7. The molecular formula is C12H14N4O3. The van der Waals surface area contributed by atoms with Gasteiger partial charge in [0.1, 0.15) is 11.8 Å². The summed E-state index contributed by atoms with van der Waals surface area (Å²) >= 11 is 0. The highest BCUT2D eigenvalue weighted by molar-refractivity contribution is 5.71. The molecule has 0 spiro atoms. The fraction of sp³-hybridized carbons (Fsp3) is 0.333. The van der Waals surface area contributed by atoms with Gasteiger partial charge < -0.3 is 9.84 Å². The molecule has 7 nitrogen and oxygen atoms in total. The number of hydrogen-bond donors (Lipinski definition) is 1. The summed E-state index contributed by atoms with van der Waals surface area (Å²) in [6.07, 6.45) is 0.444. The van der Waals surface area contributed by atoms with Gasteiger partial charge in [-0.2, -0.15) is 0 Å². The first-order valence-electron chi connectivity index (χ1n) is 5.86. The number of carbonyl (C=O) groups is 1. The van der Waals surface area contributed by atoms with Gasteiger partial charge in [-0.15, -0.1) is 5.10 Å². The Morgan fingerprint density at radius 1 is 1.42 bits per heavy atom. The van der Waals surface area contributed by atoms with Gasteiger partial charge in [-0.25, -0.2) is 9.48 Å². The van der Waals surface area contributed by atoms with Crippen molar-refractivity contribution >= 4 is 5.97 Å². The second-order valence-corrected chi connectivity index (χ2v) is 3.97. The standard InChI is InChI=1S/C12H14N4O3/c1-9(12(17)18)16-11(13-14-15-16)7-8-19-10-5-3-2-4-6-10/h2-6,9H,7-8H2,1H3,(H,17,18). The predicted octanol–water partition coefficient (Wildman–Crippen LogP) is 0.940. The van der Waals surface area contributed by atoms with Crippen LogP contribution in [0.4, 0.5) is 0 Å². The van der Waals surface area contributed by atoms with Crippen LogP contribution >= 0.6 is 0 Å². The van der Waals surface area contributed by atoms with E-state index in [1.807, 2.05) is 30.3 Å². The normalized spacial score (nSPS) is 12.1. The molecule has 0 amide bonds. The third-order valence-corrected chi connectivity index (χ3v) is 2.62. The van der Waals surface area contributed by atoms with Gasteiger partial charge in [-0.05, 0) is 29.5 Å². The lowest BCUT2D eigenvalue weighted by atomic mass is 10.3. The van der Waals surface area contributed by atoms with Crippen molar-refractivity contribution in [2.45, 2.75) is 19.4 Å². The number of aromatic nitrogens is 4. The van der Waals surface area contributed by atoms with E-state index in [0.717, 1.165) is 5.75 Å². The van der Waals surface area contributed by atoms with Gasteiger partial charge in [0.25, 0.3) is 0 Å². The number of benzene rings is 1. The summed E-state index contributed by atoms with van der Waals surface area (Å²) in [7, 11) is 0. The summed E-state index contributed by atoms with van der Waals surface area (Å²) in [5.74, 6) is 0.274. The average Bonchev–Trinajstić information content (AvgIpc) is 2.87. The zero-order valence-electron chi connectivity index (χ0n) is 10.4. The third kappa shape index (κ3) is 3.27. The van der Waals surface area contributed by atoms with Crippen molar-refractivity contribution in [1.82, 2.24) is 20.2 Å². The number of ether oxygens (including phenoxy) is 1. The second kappa shape index (κ2) is 5.94. The fourth-order valence-electron chi connectivity index (χ4n) is 1.56. The maximum Gasteiger partial charge on any atom is 0.328 e. The first kappa shape index (κ1) is 13.0. The Morgan fingerprint density at radius 3 is 2.84 bits per heavy atom. The van der Waals surface area contributed by atoms with Crippen molar-refractivity contribution in [3.63, 3.8) is 0 Å². The Hall–Kier alpha value is -2.44. The lowest BCUT2D eigenvalue weighted by molar-refractivity contribution is -0.140. The molecule has 1 aromatic carbocycles. The maximum atomic E-state index is 10.9. The van der Waals surface area contributed by atoms with E-state index in [4.69, 9.17) is 9.84 Å². The number of para-hydroxylation sites is 1. The monoisotopic (exact) mass is 262 g/mol. The summed E-state index contributed by atoms with van der Waals surface area (Å²) < 4.78 is 6.81. The van der Waals surface area contributed by atoms with Crippen molar-refractivity contribution in [2.24, 2.45) is 0 Å². The predicted molar refractivity (Wildman–Crippen MR) is 65.8 cm³/mol. The molecule has 0 saturated heterocycles. The van der Waals surface area contributed by atoms with Gasteiger partial charge in [0.2, 0.25) is 0 Å². The molecule has 0 aliphatic carbocycles. The van der Waals surface area contributed by atoms with Crippen LogP contribution in [0, 0.1) is 0 Å². The van der Waals surface area contributed by atoms with Crippen LogP contribution in [0.1, 0.15) is 18.8 Å². The first-order chi connectivity index (χ1) is 9.18. The van der Waals surface area contributed by atoms with Crippen LogP contribution in [0.2, 0.25) is 0 Å². The molecule has 0 bridgehead atoms. The maximum absolute atomic E-state index is 10.9. The van der Waals surface area contributed by atoms with E-state index in [9.17, 15) is 4.79 Å². The topological polar surface area (TPSA) is 90.1 Å². The van der Waals surface area contributed by atoms with E-state index in [1.165, 1.54) is 11.6 Å². The van der Waals surface area contributed by atoms with Crippen LogP contribution in [-0.4, -0.2) is 37.9 Å². The first-order valence-corrected chi connectivity index (χ1v) is 5.86. The largest absolute Gasteiger partial charge is 0.493 e. The number of rotatable bonds is 6. The van der Waals surface area contributed by atoms with Crippen molar-refractivity contribution in [1.29, 1.82) is 0 Å². The summed E-state index contributed by atoms with van der Waals surface area (Å²) in [5.41, 5.74) is 0. The number of aliphatic carboxylic acids is 1. The Labute approximate surface area is 109 Å². The minimum absolute atomic E-state index is 0.386. The van der Waals surface area contributed by atoms with E-state index in [0.29, 0.717) is 18.9 Å². The Balaban J connectivity index is 1.93. The van der Waals surface area contributed by atoms with Gasteiger partial charge in [0.05, 0.1) is 6.61 Å². The zero-order valence-corrected chi connectivity index (χ0v) is 10.4. The molecule has 1 N–H and O–H groups in total. The quantitative estimate of drug-likeness (QED) is 0.833. The Kier molecular flexibility index (Phi) is 4.07. The Bertz CT molecular complexity index is 541. The van der Waals surface area contributed by atoms with E-state index in [-0.39, 0.29) is 0 Å². The van der Waals surface area contributed by atoms with E-state index in [1.54, 1.807) is 0 Å².